The predicted molar refractivity (Wildman–Crippen MR) is 202 cm³/mol. The number of ether oxygens (including phenoxy) is 5. The molecule has 0 aliphatic heterocycles. The number of halogens is 30. The lowest BCUT2D eigenvalue weighted by molar-refractivity contribution is -0.461. The number of hydrogen-bond donors (Lipinski definition) is 0. The van der Waals surface area contributed by atoms with Crippen LogP contribution in [0.1, 0.15) is 77.0 Å². The minimum atomic E-state index is -6.42. The summed E-state index contributed by atoms with van der Waals surface area (Å²) in [4.78, 5) is 8.59. The topological polar surface area (TPSA) is 77.5 Å². The molecule has 0 aromatic rings. The zero-order valence-corrected chi connectivity index (χ0v) is 40.7. The first-order valence-electron chi connectivity index (χ1n) is 21.4. The standard InChI is InChI=1S/C36H49F30N4O6P/c1-68(2)77(69(3)4,67-76-22-10-16-29(47,48)35(64,65)66)70(23(71-17-5-11-24(37,38)30(49,50)51)72-18-6-12-25(39,40)31(52,53)54)36(73-19-7-13-26(41,42)32(55,56)57,74-20-8-14-27(43,44)33(58,59)60)75-21-9-15-28(45,46)34(61,62)63/h23H,5-22H2,1-4H3. The van der Waals surface area contributed by atoms with Gasteiger partial charge in [-0.1, -0.05) is 0 Å². The molecule has 0 atom stereocenters. The molecule has 0 fully saturated rings. The highest BCUT2D eigenvalue weighted by molar-refractivity contribution is 7.59. The van der Waals surface area contributed by atoms with E-state index < -0.39 is 209 Å². The molecule has 0 aliphatic rings. The van der Waals surface area contributed by atoms with Gasteiger partial charge in [-0.3, -0.25) is 4.84 Å². The van der Waals surface area contributed by atoms with Gasteiger partial charge in [0.05, 0.1) is 39.6 Å². The molecule has 0 radical (unpaired) electrons. The average molecular weight is 1230 g/mol. The zero-order chi connectivity index (χ0) is 61.0. The summed E-state index contributed by atoms with van der Waals surface area (Å²) in [5.74, 6) is -34.1. The van der Waals surface area contributed by atoms with Crippen molar-refractivity contribution in [3.05, 3.63) is 0 Å². The van der Waals surface area contributed by atoms with E-state index >= 15 is 0 Å². The predicted octanol–water partition coefficient (Wildman–Crippen LogP) is 15.1. The Balaban J connectivity index is 8.93. The SMILES string of the molecule is CN(C)P(=NOCCCC(F)(F)C(F)(F)F)(N(C)C)N(C(OCCCC(F)(F)C(F)(F)F)OCCCC(F)(F)C(F)(F)F)C(OCCCC(F)(F)C(F)(F)F)(OCCCC(F)(F)C(F)(F)F)OCCCC(F)(F)C(F)(F)F. The number of hydrogen-bond acceptors (Lipinski definition) is 7. The van der Waals surface area contributed by atoms with Crippen molar-refractivity contribution in [2.24, 2.45) is 4.91 Å². The Morgan fingerprint density at radius 3 is 0.740 bits per heavy atom. The summed E-state index contributed by atoms with van der Waals surface area (Å²) in [6.07, 6.45) is -69.9. The number of alkyl halides is 30. The Hall–Kier alpha value is -2.23. The average Bonchev–Trinajstić information content (AvgIpc) is 3.21. The van der Waals surface area contributed by atoms with E-state index in [0.717, 1.165) is 0 Å². The molecule has 0 heterocycles. The smallest absolute Gasteiger partial charge is 0.339 e. The first-order chi connectivity index (χ1) is 34.1. The molecule has 0 aromatic heterocycles. The van der Waals surface area contributed by atoms with Gasteiger partial charge in [0, 0.05) is 38.5 Å². The Bertz CT molecular complexity index is 1660. The van der Waals surface area contributed by atoms with Gasteiger partial charge in [-0.25, -0.2) is 9.34 Å². The van der Waals surface area contributed by atoms with Crippen LogP contribution in [0.5, 0.6) is 0 Å². The third-order valence-electron chi connectivity index (χ3n) is 9.77. The lowest BCUT2D eigenvalue weighted by atomic mass is 10.2. The lowest BCUT2D eigenvalue weighted by Crippen LogP contribution is -2.61. The Morgan fingerprint density at radius 1 is 0.325 bits per heavy atom. The minimum absolute atomic E-state index is 0.236. The van der Waals surface area contributed by atoms with Gasteiger partial charge in [0.1, 0.15) is 0 Å². The van der Waals surface area contributed by atoms with Gasteiger partial charge in [0.15, 0.2) is 0 Å². The third kappa shape index (κ3) is 21.6. The molecule has 0 N–H and O–H groups in total. The van der Waals surface area contributed by atoms with E-state index in [1.807, 2.05) is 0 Å². The fourth-order valence-electron chi connectivity index (χ4n) is 5.63. The second kappa shape index (κ2) is 27.7. The third-order valence-corrected chi connectivity index (χ3v) is 13.3. The first-order valence-corrected chi connectivity index (χ1v) is 23.0. The van der Waals surface area contributed by atoms with Crippen LogP contribution in [0.25, 0.3) is 0 Å². The van der Waals surface area contributed by atoms with Crippen LogP contribution >= 0.6 is 7.51 Å². The molecular formula is C36H49F30N4O6P. The van der Waals surface area contributed by atoms with Crippen molar-refractivity contribution in [1.29, 1.82) is 0 Å². The second-order valence-corrected chi connectivity index (χ2v) is 19.7. The summed E-state index contributed by atoms with van der Waals surface area (Å²) in [6.45, 7) is -10.6. The highest BCUT2D eigenvalue weighted by Gasteiger charge is 2.63. The van der Waals surface area contributed by atoms with Crippen molar-refractivity contribution >= 4 is 7.51 Å². The van der Waals surface area contributed by atoms with Crippen LogP contribution in [-0.2, 0) is 28.5 Å². The largest absolute Gasteiger partial charge is 0.453 e. The minimum Gasteiger partial charge on any atom is -0.339 e. The van der Waals surface area contributed by atoms with Crippen molar-refractivity contribution in [3.8, 4) is 0 Å². The molecule has 0 saturated heterocycles. The zero-order valence-electron chi connectivity index (χ0n) is 39.8. The molecule has 0 aromatic carbocycles. The van der Waals surface area contributed by atoms with Crippen LogP contribution in [0, 0.1) is 0 Å². The van der Waals surface area contributed by atoms with Gasteiger partial charge in [-0.05, 0) is 66.7 Å². The van der Waals surface area contributed by atoms with Gasteiger partial charge < -0.3 is 23.7 Å². The highest BCUT2D eigenvalue weighted by atomic mass is 31.2. The Labute approximate surface area is 417 Å². The van der Waals surface area contributed by atoms with Crippen molar-refractivity contribution in [2.75, 3.05) is 67.8 Å². The van der Waals surface area contributed by atoms with Crippen LogP contribution < -0.4 is 0 Å². The van der Waals surface area contributed by atoms with Gasteiger partial charge in [-0.2, -0.15) is 132 Å². The van der Waals surface area contributed by atoms with Gasteiger partial charge in [0.25, 0.3) is 0 Å². The summed E-state index contributed by atoms with van der Waals surface area (Å²) in [5.41, 5.74) is 0. The van der Waals surface area contributed by atoms with E-state index in [9.17, 15) is 132 Å². The summed E-state index contributed by atoms with van der Waals surface area (Å²) in [6, 6.07) is 0. The molecule has 41 heteroatoms. The molecule has 0 aliphatic carbocycles. The first kappa shape index (κ1) is 74.8. The maximum Gasteiger partial charge on any atom is 0.453 e. The van der Waals surface area contributed by atoms with E-state index in [1.165, 1.54) is 0 Å². The Kier molecular flexibility index (Phi) is 26.9. The van der Waals surface area contributed by atoms with Crippen LogP contribution in [0.3, 0.4) is 0 Å². The summed E-state index contributed by atoms with van der Waals surface area (Å²) >= 11 is 0. The van der Waals surface area contributed by atoms with Crippen molar-refractivity contribution in [3.63, 3.8) is 0 Å². The molecule has 0 saturated carbocycles. The maximum atomic E-state index is 14.1. The van der Waals surface area contributed by atoms with Gasteiger partial charge in [-0.15, -0.1) is 9.58 Å². The second-order valence-electron chi connectivity index (χ2n) is 16.4. The Morgan fingerprint density at radius 2 is 0.532 bits per heavy atom. The van der Waals surface area contributed by atoms with E-state index in [2.05, 4.69) is 4.91 Å². The van der Waals surface area contributed by atoms with E-state index in [-0.39, 0.29) is 4.67 Å². The number of rotatable bonds is 35. The molecule has 464 valence electrons. The number of nitrogens with zero attached hydrogens (tertiary/aromatic N) is 4. The van der Waals surface area contributed by atoms with Gasteiger partial charge in [0.2, 0.25) is 13.9 Å². The molecule has 0 rings (SSSR count). The van der Waals surface area contributed by atoms with Gasteiger partial charge >= 0.3 is 78.7 Å². The van der Waals surface area contributed by atoms with Crippen LogP contribution in [-0.4, -0.2) is 167 Å². The summed E-state index contributed by atoms with van der Waals surface area (Å²) < 4.78 is 432. The summed E-state index contributed by atoms with van der Waals surface area (Å²) in [7, 11) is -2.52. The van der Waals surface area contributed by atoms with Crippen LogP contribution in [0.2, 0.25) is 0 Å². The summed E-state index contributed by atoms with van der Waals surface area (Å²) in [5, 5.41) is 0. The van der Waals surface area contributed by atoms with Crippen molar-refractivity contribution in [2.45, 2.75) is 162 Å². The normalized spacial score (nSPS) is 15.3. The monoisotopic (exact) mass is 1230 g/mol. The van der Waals surface area contributed by atoms with E-state index in [4.69, 9.17) is 28.5 Å². The molecule has 0 unspecified atom stereocenters. The molecular weight excluding hydrogens is 1190 g/mol. The van der Waals surface area contributed by atoms with Crippen molar-refractivity contribution in [1.82, 2.24) is 14.0 Å². The molecule has 10 nitrogen and oxygen atoms in total. The fraction of sp³-hybridized carbons (Fsp3) is 1.00. The quantitative estimate of drug-likeness (QED) is 0.0203. The maximum absolute atomic E-state index is 14.1. The highest BCUT2D eigenvalue weighted by Crippen LogP contribution is 2.62. The molecule has 0 bridgehead atoms. The lowest BCUT2D eigenvalue weighted by Gasteiger charge is -2.52. The van der Waals surface area contributed by atoms with E-state index in [1.54, 1.807) is 0 Å². The van der Waals surface area contributed by atoms with Crippen molar-refractivity contribution < 1.29 is 160 Å². The van der Waals surface area contributed by atoms with E-state index in [0.29, 0.717) is 37.5 Å². The molecule has 77 heavy (non-hydrogen) atoms. The molecule has 0 amide bonds. The van der Waals surface area contributed by atoms with Crippen LogP contribution in [0.15, 0.2) is 4.91 Å². The van der Waals surface area contributed by atoms with Crippen LogP contribution in [0.4, 0.5) is 132 Å². The molecule has 0 spiro atoms. The fourth-order valence-corrected chi connectivity index (χ4v) is 8.61.